The molecule has 0 aliphatic rings. The third-order valence-corrected chi connectivity index (χ3v) is 4.88. The highest BCUT2D eigenvalue weighted by molar-refractivity contribution is 7.15. The number of nitrogens with zero attached hydrogens (tertiary/aromatic N) is 2. The highest BCUT2D eigenvalue weighted by atomic mass is 32.1. The maximum atomic E-state index is 12.2. The molecule has 0 fully saturated rings. The maximum Gasteiger partial charge on any atom is 0.250 e. The van der Waals surface area contributed by atoms with Gasteiger partial charge < -0.3 is 14.2 Å². The van der Waals surface area contributed by atoms with Crippen LogP contribution in [0.5, 0.6) is 17.2 Å². The fourth-order valence-corrected chi connectivity index (χ4v) is 3.35. The molecule has 3 aromatic rings. The van der Waals surface area contributed by atoms with Gasteiger partial charge in [-0.2, -0.15) is 0 Å². The lowest BCUT2D eigenvalue weighted by Gasteiger charge is -2.07. The van der Waals surface area contributed by atoms with Crippen molar-refractivity contribution in [3.63, 3.8) is 0 Å². The van der Waals surface area contributed by atoms with Crippen molar-refractivity contribution in [2.24, 2.45) is 0 Å². The van der Waals surface area contributed by atoms with E-state index in [0.717, 1.165) is 21.9 Å². The number of rotatable bonds is 8. The summed E-state index contributed by atoms with van der Waals surface area (Å²) in [5, 5.41) is 12.2. The largest absolute Gasteiger partial charge is 0.497 e. The number of anilines is 1. The van der Waals surface area contributed by atoms with Crippen molar-refractivity contribution in [3.05, 3.63) is 64.7 Å². The Hall–Kier alpha value is -3.39. The molecule has 1 amide bonds. The molecule has 8 heteroatoms. The molecule has 29 heavy (non-hydrogen) atoms. The first kappa shape index (κ1) is 20.3. The van der Waals surface area contributed by atoms with E-state index < -0.39 is 0 Å². The topological polar surface area (TPSA) is 82.6 Å². The van der Waals surface area contributed by atoms with E-state index in [-0.39, 0.29) is 5.91 Å². The molecule has 0 unspecified atom stereocenters. The SMILES string of the molecule is COc1ccc(Cc2nnc(NC(=O)/C=C/c3ccc(OC)c(OC)c3)s2)cc1. The lowest BCUT2D eigenvalue weighted by Crippen LogP contribution is -2.07. The van der Waals surface area contributed by atoms with Crippen LogP contribution in [-0.2, 0) is 11.2 Å². The van der Waals surface area contributed by atoms with Gasteiger partial charge in [-0.05, 0) is 41.5 Å². The Morgan fingerprint density at radius 1 is 1.00 bits per heavy atom. The van der Waals surface area contributed by atoms with Crippen LogP contribution in [0, 0.1) is 0 Å². The van der Waals surface area contributed by atoms with E-state index in [1.807, 2.05) is 30.3 Å². The van der Waals surface area contributed by atoms with E-state index in [4.69, 9.17) is 14.2 Å². The summed E-state index contributed by atoms with van der Waals surface area (Å²) in [6.45, 7) is 0. The van der Waals surface area contributed by atoms with Crippen LogP contribution < -0.4 is 19.5 Å². The third-order valence-electron chi connectivity index (χ3n) is 4.05. The quantitative estimate of drug-likeness (QED) is 0.568. The van der Waals surface area contributed by atoms with E-state index in [1.54, 1.807) is 39.5 Å². The molecule has 1 N–H and O–H groups in total. The number of nitrogens with one attached hydrogen (secondary N) is 1. The van der Waals surface area contributed by atoms with E-state index in [2.05, 4.69) is 15.5 Å². The van der Waals surface area contributed by atoms with Gasteiger partial charge in [0.15, 0.2) is 11.5 Å². The van der Waals surface area contributed by atoms with Crippen LogP contribution in [0.15, 0.2) is 48.5 Å². The van der Waals surface area contributed by atoms with Gasteiger partial charge in [-0.1, -0.05) is 29.5 Å². The summed E-state index contributed by atoms with van der Waals surface area (Å²) in [6.07, 6.45) is 3.77. The number of hydrogen-bond acceptors (Lipinski definition) is 7. The Kier molecular flexibility index (Phi) is 6.80. The van der Waals surface area contributed by atoms with Crippen LogP contribution in [-0.4, -0.2) is 37.4 Å². The zero-order valence-electron chi connectivity index (χ0n) is 16.3. The molecule has 150 valence electrons. The Morgan fingerprint density at radius 3 is 2.45 bits per heavy atom. The van der Waals surface area contributed by atoms with Crippen molar-refractivity contribution < 1.29 is 19.0 Å². The Morgan fingerprint density at radius 2 is 1.76 bits per heavy atom. The van der Waals surface area contributed by atoms with Crippen molar-refractivity contribution in [2.45, 2.75) is 6.42 Å². The number of carbonyl (C=O) groups excluding carboxylic acids is 1. The van der Waals surface area contributed by atoms with E-state index in [1.165, 1.54) is 17.4 Å². The fraction of sp³-hybridized carbons (Fsp3) is 0.190. The fourth-order valence-electron chi connectivity index (χ4n) is 2.57. The Balaban J connectivity index is 1.59. The predicted molar refractivity (Wildman–Crippen MR) is 113 cm³/mol. The van der Waals surface area contributed by atoms with Crippen molar-refractivity contribution in [3.8, 4) is 17.2 Å². The molecule has 7 nitrogen and oxygen atoms in total. The molecule has 0 saturated carbocycles. The van der Waals surface area contributed by atoms with Crippen molar-refractivity contribution >= 4 is 28.5 Å². The monoisotopic (exact) mass is 411 g/mol. The molecule has 0 aliphatic carbocycles. The minimum Gasteiger partial charge on any atom is -0.497 e. The standard InChI is InChI=1S/C21H21N3O4S/c1-26-16-8-4-15(5-9-16)13-20-23-24-21(29-20)22-19(25)11-7-14-6-10-17(27-2)18(12-14)28-3/h4-12H,13H2,1-3H3,(H,22,24,25)/b11-7+. The normalized spacial score (nSPS) is 10.7. The molecule has 0 aliphatic heterocycles. The molecule has 0 radical (unpaired) electrons. The van der Waals surface area contributed by atoms with Crippen molar-refractivity contribution in [2.75, 3.05) is 26.6 Å². The number of amides is 1. The van der Waals surface area contributed by atoms with E-state index in [9.17, 15) is 4.79 Å². The third kappa shape index (κ3) is 5.55. The number of carbonyl (C=O) groups is 1. The van der Waals surface area contributed by atoms with Crippen LogP contribution in [0.25, 0.3) is 6.08 Å². The first-order chi connectivity index (χ1) is 14.1. The zero-order chi connectivity index (χ0) is 20.6. The molecular formula is C21H21N3O4S. The first-order valence-electron chi connectivity index (χ1n) is 8.77. The molecule has 0 saturated heterocycles. The van der Waals surface area contributed by atoms with Gasteiger partial charge in [0.2, 0.25) is 11.0 Å². The second-order valence-electron chi connectivity index (χ2n) is 5.96. The number of ether oxygens (including phenoxy) is 3. The second kappa shape index (κ2) is 9.70. The van der Waals surface area contributed by atoms with Gasteiger partial charge in [0.05, 0.1) is 21.3 Å². The highest BCUT2D eigenvalue weighted by Gasteiger charge is 2.08. The van der Waals surface area contributed by atoms with Gasteiger partial charge in [0.25, 0.3) is 0 Å². The minimum atomic E-state index is -0.285. The summed E-state index contributed by atoms with van der Waals surface area (Å²) < 4.78 is 15.6. The molecule has 0 spiro atoms. The van der Waals surface area contributed by atoms with Crippen LogP contribution in [0.2, 0.25) is 0 Å². The Bertz CT molecular complexity index is 999. The molecule has 3 rings (SSSR count). The summed E-state index contributed by atoms with van der Waals surface area (Å²) in [5.41, 5.74) is 1.91. The average Bonchev–Trinajstić information content (AvgIpc) is 3.19. The van der Waals surface area contributed by atoms with Crippen LogP contribution in [0.3, 0.4) is 0 Å². The van der Waals surface area contributed by atoms with Gasteiger partial charge in [-0.25, -0.2) is 0 Å². The van der Waals surface area contributed by atoms with Gasteiger partial charge in [0.1, 0.15) is 10.8 Å². The summed E-state index contributed by atoms with van der Waals surface area (Å²) in [6, 6.07) is 13.2. The van der Waals surface area contributed by atoms with Crippen LogP contribution in [0.4, 0.5) is 5.13 Å². The molecular weight excluding hydrogens is 390 g/mol. The van der Waals surface area contributed by atoms with Gasteiger partial charge in [-0.3, -0.25) is 10.1 Å². The smallest absolute Gasteiger partial charge is 0.250 e. The molecule has 0 bridgehead atoms. The summed E-state index contributed by atoms with van der Waals surface area (Å²) >= 11 is 1.34. The van der Waals surface area contributed by atoms with Crippen molar-refractivity contribution in [1.82, 2.24) is 10.2 Å². The maximum absolute atomic E-state index is 12.2. The van der Waals surface area contributed by atoms with Gasteiger partial charge in [-0.15, -0.1) is 10.2 Å². The summed E-state index contributed by atoms with van der Waals surface area (Å²) in [7, 11) is 4.77. The van der Waals surface area contributed by atoms with Gasteiger partial charge in [0, 0.05) is 12.5 Å². The zero-order valence-corrected chi connectivity index (χ0v) is 17.2. The molecule has 0 atom stereocenters. The lowest BCUT2D eigenvalue weighted by molar-refractivity contribution is -0.111. The molecule has 1 heterocycles. The number of aromatic nitrogens is 2. The summed E-state index contributed by atoms with van der Waals surface area (Å²) in [4.78, 5) is 12.2. The predicted octanol–water partition coefficient (Wildman–Crippen LogP) is 3.81. The Labute approximate surface area is 173 Å². The van der Waals surface area contributed by atoms with E-state index >= 15 is 0 Å². The van der Waals surface area contributed by atoms with Crippen molar-refractivity contribution in [1.29, 1.82) is 0 Å². The number of methoxy groups -OCH3 is 3. The highest BCUT2D eigenvalue weighted by Crippen LogP contribution is 2.28. The van der Waals surface area contributed by atoms with Crippen LogP contribution >= 0.6 is 11.3 Å². The molecule has 1 aromatic heterocycles. The van der Waals surface area contributed by atoms with Gasteiger partial charge >= 0.3 is 0 Å². The van der Waals surface area contributed by atoms with Crippen LogP contribution in [0.1, 0.15) is 16.1 Å². The lowest BCUT2D eigenvalue weighted by atomic mass is 10.1. The first-order valence-corrected chi connectivity index (χ1v) is 9.59. The minimum absolute atomic E-state index is 0.285. The number of hydrogen-bond donors (Lipinski definition) is 1. The second-order valence-corrected chi connectivity index (χ2v) is 7.02. The average molecular weight is 411 g/mol. The van der Waals surface area contributed by atoms with E-state index in [0.29, 0.717) is 23.1 Å². The molecule has 2 aromatic carbocycles. The summed E-state index contributed by atoms with van der Waals surface area (Å²) in [5.74, 6) is 1.75. The number of benzene rings is 2.